The Morgan fingerprint density at radius 3 is 1.09 bits per heavy atom. The van der Waals surface area contributed by atoms with Gasteiger partial charge in [-0.05, 0) is 83.6 Å². The third-order valence-electron chi connectivity index (χ3n) is 11.9. The largest absolute Gasteiger partial charge is 0.519 e. The molecule has 5 rings (SSSR count). The van der Waals surface area contributed by atoms with Gasteiger partial charge in [-0.2, -0.15) is 0 Å². The van der Waals surface area contributed by atoms with Crippen molar-refractivity contribution >= 4 is 76.3 Å². The van der Waals surface area contributed by atoms with E-state index in [1.807, 2.05) is 13.8 Å². The summed E-state index contributed by atoms with van der Waals surface area (Å²) < 4.78 is 29.4. The van der Waals surface area contributed by atoms with Crippen molar-refractivity contribution in [1.29, 1.82) is 0 Å². The van der Waals surface area contributed by atoms with E-state index in [4.69, 9.17) is 33.5 Å². The Morgan fingerprint density at radius 2 is 0.795 bits per heavy atom. The first-order valence-electron chi connectivity index (χ1n) is 26.8. The fraction of sp³-hybridized carbons (Fsp3) is 0.300. The van der Waals surface area contributed by atoms with E-state index < -0.39 is 63.2 Å². The number of amides is 4. The highest BCUT2D eigenvalue weighted by Crippen LogP contribution is 2.23. The number of rotatable bonds is 27. The molecule has 468 valence electrons. The Labute approximate surface area is 504 Å². The first kappa shape index (κ1) is 71.4. The third kappa shape index (κ3) is 25.9. The average molecular weight is 1220 g/mol. The second kappa shape index (κ2) is 36.7. The zero-order valence-corrected chi connectivity index (χ0v) is 48.8. The van der Waals surface area contributed by atoms with E-state index in [0.717, 1.165) is 5.56 Å². The first-order chi connectivity index (χ1) is 41.7. The molecule has 0 heterocycles. The summed E-state index contributed by atoms with van der Waals surface area (Å²) in [5, 5.41) is 51.2. The summed E-state index contributed by atoms with van der Waals surface area (Å²) in [6.45, 7) is 17.2. The fourth-order valence-electron chi connectivity index (χ4n) is 7.18. The molecule has 0 saturated heterocycles. The molecule has 0 bridgehead atoms. The topological polar surface area (TPSA) is 390 Å². The van der Waals surface area contributed by atoms with Gasteiger partial charge in [0.1, 0.15) is 37.1 Å². The van der Waals surface area contributed by atoms with Crippen molar-refractivity contribution in [2.75, 3.05) is 23.8 Å². The number of hydrogen-bond acceptors (Lipinski definition) is 21. The number of ether oxygens (including phenoxy) is 6. The minimum absolute atomic E-state index is 0.00879. The van der Waals surface area contributed by atoms with E-state index in [9.17, 15) is 68.7 Å². The zero-order valence-electron chi connectivity index (χ0n) is 48.8. The highest BCUT2D eigenvalue weighted by atomic mass is 16.7. The molecule has 0 aliphatic rings. The lowest BCUT2D eigenvalue weighted by Crippen LogP contribution is -2.45. The summed E-state index contributed by atoms with van der Waals surface area (Å²) in [6, 6.07) is 26.4. The van der Waals surface area contributed by atoms with Crippen LogP contribution >= 0.6 is 0 Å². The molecule has 5 N–H and O–H groups in total. The lowest BCUT2D eigenvalue weighted by atomic mass is 9.93. The molecule has 0 saturated carbocycles. The average Bonchev–Trinajstić information content (AvgIpc) is 3.51. The van der Waals surface area contributed by atoms with Crippen LogP contribution in [0.4, 0.5) is 47.6 Å². The van der Waals surface area contributed by atoms with E-state index in [1.165, 1.54) is 84.9 Å². The van der Waals surface area contributed by atoms with Crippen molar-refractivity contribution in [1.82, 2.24) is 10.6 Å². The van der Waals surface area contributed by atoms with Crippen LogP contribution < -0.4 is 35.5 Å². The summed E-state index contributed by atoms with van der Waals surface area (Å²) in [5.41, 5.74) is 2.00. The maximum Gasteiger partial charge on any atom is 0.519 e. The lowest BCUT2D eigenvalue weighted by molar-refractivity contribution is -0.385. The molecular weight excluding hydrogens is 1150 g/mol. The SMILES string of the molecule is C=CCOC(=O)N[C@H](C(=O)C[C@@H](C)C(=O)Nc1ccc(CO)cc1)C(C)C.C=CCOC(=O)N[C@H](C(=O)C[C@@H](C)C(=O)Nc1ccc(COC(=O)Oc2ccc([N+](=O)[O-])cc2)cc1)C(C)C.O=C(Oc1ccc([N+](=O)[O-])cc1)Oc1ccc([N+](=O)[O-])cc1. The van der Waals surface area contributed by atoms with E-state index in [-0.39, 0.29) is 109 Å². The molecule has 0 spiro atoms. The van der Waals surface area contributed by atoms with Crippen LogP contribution in [0.3, 0.4) is 0 Å². The number of ketones is 2. The summed E-state index contributed by atoms with van der Waals surface area (Å²) >= 11 is 0. The molecule has 5 aromatic rings. The van der Waals surface area contributed by atoms with Crippen LogP contribution in [0.5, 0.6) is 17.2 Å². The number of Topliss-reactive ketones (excluding diaryl/α,β-unsaturated/α-hetero) is 2. The van der Waals surface area contributed by atoms with Gasteiger partial charge in [-0.25, -0.2) is 19.2 Å². The Balaban J connectivity index is 0.000000362. The number of nitro benzene ring substituents is 3. The van der Waals surface area contributed by atoms with Crippen molar-refractivity contribution in [3.8, 4) is 17.2 Å². The van der Waals surface area contributed by atoms with Crippen LogP contribution in [-0.2, 0) is 46.6 Å². The van der Waals surface area contributed by atoms with Crippen molar-refractivity contribution in [2.45, 2.75) is 79.7 Å². The number of alkyl carbamates (subject to hydrolysis) is 2. The maximum absolute atomic E-state index is 12.7. The maximum atomic E-state index is 12.7. The van der Waals surface area contributed by atoms with Gasteiger partial charge in [0, 0.05) is 72.5 Å². The predicted molar refractivity (Wildman–Crippen MR) is 317 cm³/mol. The van der Waals surface area contributed by atoms with Crippen molar-refractivity contribution < 1.29 is 86.7 Å². The van der Waals surface area contributed by atoms with Crippen LogP contribution in [0.2, 0.25) is 0 Å². The van der Waals surface area contributed by atoms with Crippen LogP contribution in [0.1, 0.15) is 65.5 Å². The number of aliphatic hydroxyl groups is 1. The van der Waals surface area contributed by atoms with E-state index in [2.05, 4.69) is 34.4 Å². The summed E-state index contributed by atoms with van der Waals surface area (Å²) in [7, 11) is 0. The van der Waals surface area contributed by atoms with Crippen LogP contribution in [0.25, 0.3) is 0 Å². The minimum atomic E-state index is -1.07. The number of non-ortho nitro benzene ring substituents is 3. The molecule has 5 aromatic carbocycles. The number of hydrogen-bond donors (Lipinski definition) is 5. The van der Waals surface area contributed by atoms with Crippen molar-refractivity contribution in [3.63, 3.8) is 0 Å². The van der Waals surface area contributed by atoms with Crippen LogP contribution in [0, 0.1) is 54.0 Å². The second-order valence-electron chi connectivity index (χ2n) is 19.5. The van der Waals surface area contributed by atoms with Crippen LogP contribution in [-0.4, -0.2) is 93.1 Å². The molecule has 4 amide bonds. The number of nitrogens with zero attached hydrogens (tertiary/aromatic N) is 3. The number of nitrogens with one attached hydrogen (secondary N) is 4. The molecule has 0 aliphatic heterocycles. The number of carbonyl (C=O) groups is 8. The molecular formula is C60H67N7O21. The lowest BCUT2D eigenvalue weighted by Gasteiger charge is -2.22. The molecule has 28 heteroatoms. The van der Waals surface area contributed by atoms with Crippen LogP contribution in [0.15, 0.2) is 147 Å². The Hall–Kier alpha value is -10.9. The van der Waals surface area contributed by atoms with Gasteiger partial charge >= 0.3 is 24.5 Å². The molecule has 0 aromatic heterocycles. The monoisotopic (exact) mass is 1220 g/mol. The van der Waals surface area contributed by atoms with Gasteiger partial charge in [0.2, 0.25) is 11.8 Å². The summed E-state index contributed by atoms with van der Waals surface area (Å²) in [6.07, 6.45) is -0.720. The smallest absolute Gasteiger partial charge is 0.445 e. The highest BCUT2D eigenvalue weighted by Gasteiger charge is 2.30. The van der Waals surface area contributed by atoms with Gasteiger partial charge in [0.05, 0.1) is 33.5 Å². The third-order valence-corrected chi connectivity index (χ3v) is 11.9. The molecule has 4 atom stereocenters. The molecule has 88 heavy (non-hydrogen) atoms. The van der Waals surface area contributed by atoms with Gasteiger partial charge in [-0.15, -0.1) is 0 Å². The van der Waals surface area contributed by atoms with Gasteiger partial charge in [-0.3, -0.25) is 49.5 Å². The van der Waals surface area contributed by atoms with Gasteiger partial charge in [0.15, 0.2) is 11.6 Å². The Kier molecular flexibility index (Phi) is 29.8. The molecule has 0 fully saturated rings. The number of aliphatic hydroxyl groups excluding tert-OH is 1. The number of anilines is 2. The predicted octanol–water partition coefficient (Wildman–Crippen LogP) is 10.5. The molecule has 0 unspecified atom stereocenters. The van der Waals surface area contributed by atoms with E-state index in [1.54, 1.807) is 76.2 Å². The second-order valence-corrected chi connectivity index (χ2v) is 19.5. The zero-order chi connectivity index (χ0) is 65.5. The van der Waals surface area contributed by atoms with Gasteiger partial charge in [0.25, 0.3) is 17.1 Å². The Bertz CT molecular complexity index is 3150. The van der Waals surface area contributed by atoms with E-state index in [0.29, 0.717) is 16.9 Å². The molecule has 0 aliphatic carbocycles. The summed E-state index contributed by atoms with van der Waals surface area (Å²) in [4.78, 5) is 127. The molecule has 28 nitrogen and oxygen atoms in total. The normalized spacial score (nSPS) is 11.7. The number of carbonyl (C=O) groups excluding carboxylic acids is 8. The Morgan fingerprint density at radius 1 is 0.477 bits per heavy atom. The van der Waals surface area contributed by atoms with E-state index >= 15 is 0 Å². The number of nitro groups is 3. The number of benzene rings is 5. The van der Waals surface area contributed by atoms with Crippen molar-refractivity contribution in [3.05, 3.63) is 188 Å². The van der Waals surface area contributed by atoms with Gasteiger partial charge < -0.3 is 54.8 Å². The summed E-state index contributed by atoms with van der Waals surface area (Å²) in [5.74, 6) is -2.55. The standard InChI is InChI=1S/C27H31N3O9.C20H28N2O5.C13H8N2O7/c1-5-14-37-26(33)29-24(17(2)3)23(31)15-18(4)25(32)28-20-8-6-19(7-9-20)16-38-27(34)39-22-12-10-21(11-13-22)30(35)36;1-5-10-27-20(26)22-18(13(2)3)17(24)11-14(4)19(25)21-16-8-6-15(12-23)7-9-16;16-13(21-11-5-1-9(2-6-11)14(17)18)22-12-7-3-10(4-8-12)15(19)20/h5-13,17-18,24H,1,14-16H2,2-4H3,(H,28,32)(H,29,33);5-9,13-14,18,23H,1,10-12H2,2-4H3,(H,21,25)(H,22,26);1-8H/t18-,24+;14-,18+;/m11./s1. The minimum Gasteiger partial charge on any atom is -0.445 e. The first-order valence-corrected chi connectivity index (χ1v) is 26.8. The van der Waals surface area contributed by atoms with Crippen molar-refractivity contribution in [2.24, 2.45) is 23.7 Å². The fourth-order valence-corrected chi connectivity index (χ4v) is 7.18. The quantitative estimate of drug-likeness (QED) is 0.00814. The highest BCUT2D eigenvalue weighted by molar-refractivity contribution is 5.98. The molecule has 0 radical (unpaired) electrons. The van der Waals surface area contributed by atoms with Gasteiger partial charge in [-0.1, -0.05) is 91.1 Å².